The number of benzene rings is 2. The molecule has 4 aromatic rings. The topological polar surface area (TPSA) is 81.7 Å². The lowest BCUT2D eigenvalue weighted by molar-refractivity contribution is -0.0435. The van der Waals surface area contributed by atoms with E-state index in [-0.39, 0.29) is 5.56 Å². The number of aromatic carboxylic acids is 1. The fourth-order valence-electron chi connectivity index (χ4n) is 5.67. The first kappa shape index (κ1) is 23.8. The largest absolute Gasteiger partial charge is 0.478 e. The fourth-order valence-corrected chi connectivity index (χ4v) is 5.79. The maximum Gasteiger partial charge on any atom is 0.339 e. The number of fused-ring (bicyclic) bond motifs is 1. The zero-order valence-electron chi connectivity index (χ0n) is 20.7. The van der Waals surface area contributed by atoms with Crippen molar-refractivity contribution in [1.29, 1.82) is 0 Å². The molecule has 1 unspecified atom stereocenters. The Morgan fingerprint density at radius 1 is 1.11 bits per heavy atom. The summed E-state index contributed by atoms with van der Waals surface area (Å²) < 4.78 is 6.04. The maximum absolute atomic E-state index is 11.9. The van der Waals surface area contributed by atoms with Crippen LogP contribution in [0.2, 0.25) is 5.02 Å². The predicted molar refractivity (Wildman–Crippen MR) is 145 cm³/mol. The number of carbonyl (C=O) groups is 1. The van der Waals surface area contributed by atoms with Crippen molar-refractivity contribution in [1.82, 2.24) is 14.9 Å². The van der Waals surface area contributed by atoms with Gasteiger partial charge in [0.1, 0.15) is 22.7 Å². The molecule has 2 aromatic heterocycles. The number of hydrogen-bond donors (Lipinski definition) is 2. The Morgan fingerprint density at radius 2 is 1.86 bits per heavy atom. The number of piperidine rings is 1. The fraction of sp³-hybridized carbons (Fsp3) is 0.310. The molecule has 0 bridgehead atoms. The normalized spacial score (nSPS) is 18.1. The standard InChI is InChI=1S/C29H29ClN4O3/c1-19(20-2-4-22(30)5-3-20)34-17-29(18-34)9-12-33(13-10-29)23-6-7-25(28(35)36)26(15-23)37-24-14-21-8-11-31-27(21)32-16-24/h2-8,11,14-16,19H,9-10,12-13,17-18H2,1H3,(H,31,32)(H,35,36). The Kier molecular flexibility index (Phi) is 6.05. The SMILES string of the molecule is CC(c1ccc(Cl)cc1)N1CC2(CCN(c3ccc(C(=O)O)c(Oc4cnc5[nH]ccc5c4)c3)CC2)C1. The Balaban J connectivity index is 1.13. The summed E-state index contributed by atoms with van der Waals surface area (Å²) in [7, 11) is 0. The minimum absolute atomic E-state index is 0.136. The highest BCUT2D eigenvalue weighted by Gasteiger charge is 2.46. The van der Waals surface area contributed by atoms with Crippen molar-refractivity contribution in [2.24, 2.45) is 5.41 Å². The summed E-state index contributed by atoms with van der Waals surface area (Å²) in [5, 5.41) is 11.4. The number of rotatable bonds is 6. The summed E-state index contributed by atoms with van der Waals surface area (Å²) in [6.07, 6.45) is 5.65. The highest BCUT2D eigenvalue weighted by Crippen LogP contribution is 2.45. The highest BCUT2D eigenvalue weighted by molar-refractivity contribution is 6.30. The number of halogens is 1. The molecule has 0 radical (unpaired) electrons. The van der Waals surface area contributed by atoms with Crippen molar-refractivity contribution < 1.29 is 14.6 Å². The highest BCUT2D eigenvalue weighted by atomic mass is 35.5. The third kappa shape index (κ3) is 4.65. The van der Waals surface area contributed by atoms with Crippen molar-refractivity contribution in [2.45, 2.75) is 25.8 Å². The third-order valence-corrected chi connectivity index (χ3v) is 8.22. The molecule has 1 atom stereocenters. The average molecular weight is 517 g/mol. The van der Waals surface area contributed by atoms with Crippen LogP contribution in [0.5, 0.6) is 11.5 Å². The van der Waals surface area contributed by atoms with E-state index >= 15 is 0 Å². The van der Waals surface area contributed by atoms with E-state index in [2.05, 4.69) is 38.8 Å². The zero-order valence-corrected chi connectivity index (χ0v) is 21.4. The second-order valence-electron chi connectivity index (χ2n) is 10.3. The van der Waals surface area contributed by atoms with Crippen molar-refractivity contribution >= 4 is 34.3 Å². The molecule has 0 saturated carbocycles. The van der Waals surface area contributed by atoms with Crippen LogP contribution in [-0.4, -0.2) is 52.1 Å². The van der Waals surface area contributed by atoms with Gasteiger partial charge in [0.15, 0.2) is 0 Å². The number of nitrogens with one attached hydrogen (secondary N) is 1. The second kappa shape index (κ2) is 9.39. The van der Waals surface area contributed by atoms with E-state index in [1.807, 2.05) is 42.6 Å². The van der Waals surface area contributed by atoms with E-state index in [1.54, 1.807) is 12.3 Å². The Labute approximate surface area is 220 Å². The molecule has 8 heteroatoms. The Bertz CT molecular complexity index is 1440. The zero-order chi connectivity index (χ0) is 25.6. The molecule has 1 spiro atoms. The van der Waals surface area contributed by atoms with Crippen molar-refractivity contribution in [2.75, 3.05) is 31.1 Å². The smallest absolute Gasteiger partial charge is 0.339 e. The van der Waals surface area contributed by atoms with Crippen LogP contribution < -0.4 is 9.64 Å². The van der Waals surface area contributed by atoms with Gasteiger partial charge >= 0.3 is 5.97 Å². The first-order valence-electron chi connectivity index (χ1n) is 12.6. The molecule has 190 valence electrons. The minimum atomic E-state index is -1.01. The van der Waals surface area contributed by atoms with Gasteiger partial charge < -0.3 is 19.7 Å². The lowest BCUT2D eigenvalue weighted by atomic mass is 9.71. The van der Waals surface area contributed by atoms with E-state index in [0.717, 1.165) is 60.8 Å². The van der Waals surface area contributed by atoms with E-state index in [4.69, 9.17) is 16.3 Å². The summed E-state index contributed by atoms with van der Waals surface area (Å²) in [6.45, 7) is 6.34. The van der Waals surface area contributed by atoms with Crippen molar-refractivity contribution in [3.8, 4) is 11.5 Å². The quantitative estimate of drug-likeness (QED) is 0.310. The van der Waals surface area contributed by atoms with Gasteiger partial charge in [0, 0.05) is 60.6 Å². The lowest BCUT2D eigenvalue weighted by Crippen LogP contribution is -2.60. The number of pyridine rings is 1. The van der Waals surface area contributed by atoms with Crippen LogP contribution in [0.1, 0.15) is 41.7 Å². The number of aromatic amines is 1. The summed E-state index contributed by atoms with van der Waals surface area (Å²) in [5.74, 6) is -0.179. The van der Waals surface area contributed by atoms with Crippen LogP contribution in [0, 0.1) is 5.41 Å². The van der Waals surface area contributed by atoms with Crippen LogP contribution in [0.4, 0.5) is 5.69 Å². The average Bonchev–Trinajstić information content (AvgIpc) is 3.35. The van der Waals surface area contributed by atoms with Gasteiger partial charge in [-0.2, -0.15) is 0 Å². The van der Waals surface area contributed by atoms with Crippen molar-refractivity contribution in [3.63, 3.8) is 0 Å². The van der Waals surface area contributed by atoms with Gasteiger partial charge in [-0.3, -0.25) is 4.90 Å². The van der Waals surface area contributed by atoms with Gasteiger partial charge in [-0.05, 0) is 67.1 Å². The van der Waals surface area contributed by atoms with Crippen LogP contribution in [0.3, 0.4) is 0 Å². The number of anilines is 1. The molecule has 0 amide bonds. The first-order chi connectivity index (χ1) is 17.9. The number of aromatic nitrogens is 2. The number of nitrogens with zero attached hydrogens (tertiary/aromatic N) is 3. The first-order valence-corrected chi connectivity index (χ1v) is 13.0. The van der Waals surface area contributed by atoms with E-state index in [1.165, 1.54) is 5.56 Å². The van der Waals surface area contributed by atoms with Crippen LogP contribution in [0.15, 0.2) is 67.0 Å². The summed E-state index contributed by atoms with van der Waals surface area (Å²) in [6, 6.07) is 17.7. The van der Waals surface area contributed by atoms with Gasteiger partial charge in [-0.1, -0.05) is 23.7 Å². The molecule has 6 rings (SSSR count). The summed E-state index contributed by atoms with van der Waals surface area (Å²) >= 11 is 6.06. The molecule has 2 aliphatic rings. The minimum Gasteiger partial charge on any atom is -0.478 e. The van der Waals surface area contributed by atoms with Crippen LogP contribution >= 0.6 is 11.6 Å². The maximum atomic E-state index is 11.9. The molecular weight excluding hydrogens is 488 g/mol. The van der Waals surface area contributed by atoms with E-state index < -0.39 is 5.97 Å². The van der Waals surface area contributed by atoms with E-state index in [9.17, 15) is 9.90 Å². The van der Waals surface area contributed by atoms with Crippen LogP contribution in [-0.2, 0) is 0 Å². The molecular formula is C29H29ClN4O3. The predicted octanol–water partition coefficient (Wildman–Crippen LogP) is 6.37. The van der Waals surface area contributed by atoms with Crippen LogP contribution in [0.25, 0.3) is 11.0 Å². The lowest BCUT2D eigenvalue weighted by Gasteiger charge is -2.56. The van der Waals surface area contributed by atoms with Gasteiger partial charge in [0.2, 0.25) is 0 Å². The molecule has 2 N–H and O–H groups in total. The van der Waals surface area contributed by atoms with Gasteiger partial charge in [0.25, 0.3) is 0 Å². The molecule has 7 nitrogen and oxygen atoms in total. The monoisotopic (exact) mass is 516 g/mol. The summed E-state index contributed by atoms with van der Waals surface area (Å²) in [5.41, 5.74) is 3.54. The number of carboxylic acids is 1. The molecule has 37 heavy (non-hydrogen) atoms. The van der Waals surface area contributed by atoms with Gasteiger partial charge in [0.05, 0.1) is 6.20 Å². The molecule has 2 aliphatic heterocycles. The number of H-pyrrole nitrogens is 1. The molecule has 2 fully saturated rings. The summed E-state index contributed by atoms with van der Waals surface area (Å²) in [4.78, 5) is 24.2. The Morgan fingerprint density at radius 3 is 2.59 bits per heavy atom. The van der Waals surface area contributed by atoms with E-state index in [0.29, 0.717) is 23.0 Å². The number of ether oxygens (including phenoxy) is 1. The van der Waals surface area contributed by atoms with Gasteiger partial charge in [-0.15, -0.1) is 0 Å². The Hall–Kier alpha value is -3.55. The third-order valence-electron chi connectivity index (χ3n) is 7.96. The molecule has 0 aliphatic carbocycles. The molecule has 4 heterocycles. The second-order valence-corrected chi connectivity index (χ2v) is 10.7. The number of hydrogen-bond acceptors (Lipinski definition) is 5. The molecule has 2 saturated heterocycles. The van der Waals surface area contributed by atoms with Gasteiger partial charge in [-0.25, -0.2) is 9.78 Å². The number of carboxylic acid groups (broad SMARTS) is 1. The molecule has 2 aromatic carbocycles. The van der Waals surface area contributed by atoms with Crippen molar-refractivity contribution in [3.05, 3.63) is 83.1 Å². The number of likely N-dealkylation sites (tertiary alicyclic amines) is 1.